The first-order valence-electron chi connectivity index (χ1n) is 8.46. The van der Waals surface area contributed by atoms with Gasteiger partial charge in [0.15, 0.2) is 4.34 Å². The lowest BCUT2D eigenvalue weighted by Crippen LogP contribution is -1.88. The van der Waals surface area contributed by atoms with E-state index in [1.807, 2.05) is 36.4 Å². The molecule has 0 unspecified atom stereocenters. The molecule has 0 bridgehead atoms. The number of aryl methyl sites for hydroxylation is 1. The Bertz CT molecular complexity index is 1060. The second kappa shape index (κ2) is 8.41. The third-order valence-corrected chi connectivity index (χ3v) is 5.78. The van der Waals surface area contributed by atoms with Crippen molar-refractivity contribution < 1.29 is 9.26 Å². The molecule has 0 aliphatic carbocycles. The van der Waals surface area contributed by atoms with Crippen LogP contribution in [0.2, 0.25) is 0 Å². The Kier molecular flexibility index (Phi) is 5.54. The molecule has 0 fully saturated rings. The first-order valence-corrected chi connectivity index (χ1v) is 10.3. The van der Waals surface area contributed by atoms with Gasteiger partial charge < -0.3 is 14.6 Å². The molecular formula is C19H17N5O2S2. The molecule has 1 N–H and O–H groups in total. The van der Waals surface area contributed by atoms with Crippen molar-refractivity contribution in [1.82, 2.24) is 20.3 Å². The van der Waals surface area contributed by atoms with Gasteiger partial charge in [0, 0.05) is 11.3 Å². The summed E-state index contributed by atoms with van der Waals surface area (Å²) in [7, 11) is 1.63. The average molecular weight is 412 g/mol. The molecule has 0 aliphatic rings. The van der Waals surface area contributed by atoms with Crippen LogP contribution in [0, 0.1) is 6.92 Å². The Labute approximate surface area is 170 Å². The number of nitrogens with one attached hydrogen (secondary N) is 1. The molecule has 0 spiro atoms. The minimum Gasteiger partial charge on any atom is -0.497 e. The summed E-state index contributed by atoms with van der Waals surface area (Å²) < 4.78 is 11.4. The smallest absolute Gasteiger partial charge is 0.237 e. The van der Waals surface area contributed by atoms with E-state index in [9.17, 15) is 0 Å². The van der Waals surface area contributed by atoms with E-state index in [1.54, 1.807) is 7.11 Å². The Balaban J connectivity index is 1.37. The lowest BCUT2D eigenvalue weighted by Gasteiger charge is -2.01. The highest BCUT2D eigenvalue weighted by molar-refractivity contribution is 8.00. The summed E-state index contributed by atoms with van der Waals surface area (Å²) in [6.07, 6.45) is 0. The van der Waals surface area contributed by atoms with Crippen LogP contribution in [0.25, 0.3) is 11.4 Å². The predicted octanol–water partition coefficient (Wildman–Crippen LogP) is 4.94. The van der Waals surface area contributed by atoms with E-state index >= 15 is 0 Å². The van der Waals surface area contributed by atoms with Gasteiger partial charge in [-0.05, 0) is 31.2 Å². The Hall–Kier alpha value is -2.91. The third kappa shape index (κ3) is 4.49. The molecule has 0 atom stereocenters. The Morgan fingerprint density at radius 1 is 1.14 bits per heavy atom. The van der Waals surface area contributed by atoms with Crippen molar-refractivity contribution in [2.45, 2.75) is 17.0 Å². The van der Waals surface area contributed by atoms with Gasteiger partial charge in [-0.3, -0.25) is 0 Å². The normalized spacial score (nSPS) is 10.8. The first kappa shape index (κ1) is 18.5. The number of ether oxygens (including phenoxy) is 1. The molecule has 28 heavy (non-hydrogen) atoms. The molecule has 9 heteroatoms. The number of methoxy groups -OCH3 is 1. The summed E-state index contributed by atoms with van der Waals surface area (Å²) in [6, 6.07) is 15.7. The lowest BCUT2D eigenvalue weighted by molar-refractivity contribution is 0.391. The van der Waals surface area contributed by atoms with E-state index in [4.69, 9.17) is 9.26 Å². The summed E-state index contributed by atoms with van der Waals surface area (Å²) in [4.78, 5) is 4.44. The van der Waals surface area contributed by atoms with Crippen LogP contribution in [0.5, 0.6) is 5.75 Å². The highest BCUT2D eigenvalue weighted by Crippen LogP contribution is 2.30. The van der Waals surface area contributed by atoms with Crippen LogP contribution in [-0.2, 0) is 5.75 Å². The number of aromatic nitrogens is 4. The van der Waals surface area contributed by atoms with Crippen molar-refractivity contribution in [3.63, 3.8) is 0 Å². The lowest BCUT2D eigenvalue weighted by atomic mass is 10.2. The number of anilines is 2. The molecule has 0 radical (unpaired) electrons. The van der Waals surface area contributed by atoms with Crippen molar-refractivity contribution in [2.75, 3.05) is 12.4 Å². The molecule has 4 rings (SSSR count). The molecule has 2 aromatic heterocycles. The predicted molar refractivity (Wildman–Crippen MR) is 110 cm³/mol. The molecule has 0 saturated carbocycles. The molecule has 0 saturated heterocycles. The van der Waals surface area contributed by atoms with Crippen LogP contribution in [-0.4, -0.2) is 27.4 Å². The maximum atomic E-state index is 5.35. The van der Waals surface area contributed by atoms with Gasteiger partial charge in [0.1, 0.15) is 5.75 Å². The van der Waals surface area contributed by atoms with Gasteiger partial charge >= 0.3 is 0 Å². The topological polar surface area (TPSA) is 86.0 Å². The van der Waals surface area contributed by atoms with E-state index < -0.39 is 0 Å². The summed E-state index contributed by atoms with van der Waals surface area (Å²) in [5.41, 5.74) is 3.05. The van der Waals surface area contributed by atoms with Gasteiger partial charge in [0.25, 0.3) is 0 Å². The average Bonchev–Trinajstić information content (AvgIpc) is 3.38. The highest BCUT2D eigenvalue weighted by Gasteiger charge is 2.12. The van der Waals surface area contributed by atoms with E-state index in [2.05, 4.69) is 44.7 Å². The maximum absolute atomic E-state index is 5.35. The zero-order valence-electron chi connectivity index (χ0n) is 15.2. The van der Waals surface area contributed by atoms with Crippen molar-refractivity contribution >= 4 is 33.9 Å². The monoisotopic (exact) mass is 411 g/mol. The molecule has 7 nitrogen and oxygen atoms in total. The summed E-state index contributed by atoms with van der Waals surface area (Å²) in [5.74, 6) is 2.34. The maximum Gasteiger partial charge on any atom is 0.237 e. The van der Waals surface area contributed by atoms with Crippen molar-refractivity contribution in [3.05, 3.63) is 60.0 Å². The van der Waals surface area contributed by atoms with Crippen LogP contribution in [0.3, 0.4) is 0 Å². The van der Waals surface area contributed by atoms with Crippen LogP contribution in [0.15, 0.2) is 57.4 Å². The second-order valence-corrected chi connectivity index (χ2v) is 8.10. The van der Waals surface area contributed by atoms with Crippen molar-refractivity contribution in [2.24, 2.45) is 0 Å². The van der Waals surface area contributed by atoms with Crippen molar-refractivity contribution in [1.29, 1.82) is 0 Å². The van der Waals surface area contributed by atoms with Crippen LogP contribution in [0.1, 0.15) is 11.5 Å². The van der Waals surface area contributed by atoms with E-state index in [0.29, 0.717) is 17.5 Å². The fourth-order valence-electron chi connectivity index (χ4n) is 2.40. The van der Waals surface area contributed by atoms with Gasteiger partial charge in [0.2, 0.25) is 16.8 Å². The quantitative estimate of drug-likeness (QED) is 0.428. The number of rotatable bonds is 7. The largest absolute Gasteiger partial charge is 0.497 e. The minimum atomic E-state index is 0.524. The van der Waals surface area contributed by atoms with Gasteiger partial charge in [0.05, 0.1) is 12.9 Å². The fourth-order valence-corrected chi connectivity index (χ4v) is 4.00. The summed E-state index contributed by atoms with van der Waals surface area (Å²) in [5, 5.41) is 16.4. The molecule has 2 heterocycles. The molecular weight excluding hydrogens is 394 g/mol. The number of hydrogen-bond acceptors (Lipinski definition) is 9. The molecule has 0 amide bonds. The number of nitrogens with zero attached hydrogens (tertiary/aromatic N) is 4. The van der Waals surface area contributed by atoms with E-state index in [0.717, 1.165) is 26.5 Å². The van der Waals surface area contributed by atoms with E-state index in [1.165, 1.54) is 28.7 Å². The molecule has 2 aromatic carbocycles. The van der Waals surface area contributed by atoms with Crippen LogP contribution >= 0.6 is 23.1 Å². The SMILES string of the molecule is COc1cccc(-c2noc(CSc3nnc(Nc4ccc(C)cc4)s3)n2)c1. The van der Waals surface area contributed by atoms with Gasteiger partial charge in [-0.15, -0.1) is 10.2 Å². The second-order valence-electron chi connectivity index (χ2n) is 5.90. The summed E-state index contributed by atoms with van der Waals surface area (Å²) in [6.45, 7) is 2.06. The van der Waals surface area contributed by atoms with Gasteiger partial charge in [-0.25, -0.2) is 0 Å². The molecule has 4 aromatic rings. The highest BCUT2D eigenvalue weighted by atomic mass is 32.2. The number of hydrogen-bond donors (Lipinski definition) is 1. The van der Waals surface area contributed by atoms with Gasteiger partial charge in [-0.2, -0.15) is 4.98 Å². The summed E-state index contributed by atoms with van der Waals surface area (Å²) >= 11 is 2.99. The zero-order chi connectivity index (χ0) is 19.3. The number of benzene rings is 2. The number of thioether (sulfide) groups is 1. The standard InChI is InChI=1S/C19H17N5O2S2/c1-12-6-8-14(9-7-12)20-18-22-23-19(28-18)27-11-16-21-17(24-26-16)13-4-3-5-15(10-13)25-2/h3-10H,11H2,1-2H3,(H,20,22). The minimum absolute atomic E-state index is 0.524. The molecule has 142 valence electrons. The zero-order valence-corrected chi connectivity index (χ0v) is 16.9. The van der Waals surface area contributed by atoms with E-state index in [-0.39, 0.29) is 0 Å². The van der Waals surface area contributed by atoms with Gasteiger partial charge in [-0.1, -0.05) is 58.1 Å². The first-order chi connectivity index (χ1) is 13.7. The Morgan fingerprint density at radius 3 is 2.82 bits per heavy atom. The van der Waals surface area contributed by atoms with Crippen molar-refractivity contribution in [3.8, 4) is 17.1 Å². The fraction of sp³-hybridized carbons (Fsp3) is 0.158. The molecule has 0 aliphatic heterocycles. The van der Waals surface area contributed by atoms with Crippen LogP contribution in [0.4, 0.5) is 10.8 Å². The Morgan fingerprint density at radius 2 is 2.00 bits per heavy atom. The third-order valence-electron chi connectivity index (χ3n) is 3.82. The van der Waals surface area contributed by atoms with Crippen LogP contribution < -0.4 is 10.1 Å².